The number of hydrogen-bond donors (Lipinski definition) is 2. The van der Waals surface area contributed by atoms with Crippen LogP contribution in [-0.2, 0) is 14.3 Å². The van der Waals surface area contributed by atoms with E-state index in [2.05, 4.69) is 10.6 Å². The Morgan fingerprint density at radius 1 is 1.07 bits per heavy atom. The highest BCUT2D eigenvalue weighted by Gasteiger charge is 2.30. The van der Waals surface area contributed by atoms with Crippen molar-refractivity contribution in [3.8, 4) is 16.9 Å². The second kappa shape index (κ2) is 12.7. The number of nitrogens with one attached hydrogen (secondary N) is 2. The highest BCUT2D eigenvalue weighted by atomic mass is 35.5. The number of rotatable bonds is 4. The molecule has 3 aromatic rings. The largest absolute Gasteiger partial charge is 0.496 e. The van der Waals surface area contributed by atoms with E-state index in [4.69, 9.17) is 26.1 Å². The third-order valence-electron chi connectivity index (χ3n) is 7.79. The minimum atomic E-state index is -0.603. The Hall–Kier alpha value is -4.37. The molecule has 0 unspecified atom stereocenters. The number of ether oxygens (including phenoxy) is 2. The first-order valence-corrected chi connectivity index (χ1v) is 14.3. The molecule has 0 saturated carbocycles. The predicted molar refractivity (Wildman–Crippen MR) is 162 cm³/mol. The van der Waals surface area contributed by atoms with Crippen LogP contribution in [0, 0.1) is 5.92 Å². The summed E-state index contributed by atoms with van der Waals surface area (Å²) in [6.45, 7) is 2.40. The monoisotopic (exact) mass is 588 g/mol. The second-order valence-corrected chi connectivity index (χ2v) is 10.9. The molecular formula is C32H33ClN4O5. The fourth-order valence-electron chi connectivity index (χ4n) is 5.52. The first-order valence-electron chi connectivity index (χ1n) is 13.9. The number of hydrogen-bond acceptors (Lipinski definition) is 6. The molecule has 1 aromatic heterocycles. The second-order valence-electron chi connectivity index (χ2n) is 10.5. The van der Waals surface area contributed by atoms with Crippen molar-refractivity contribution < 1.29 is 23.9 Å². The summed E-state index contributed by atoms with van der Waals surface area (Å²) in [6.07, 6.45) is 5.46. The highest BCUT2D eigenvalue weighted by Crippen LogP contribution is 2.38. The Bertz CT molecular complexity index is 1560. The molecule has 2 aromatic carbocycles. The number of methoxy groups -OCH3 is 2. The molecule has 9 nitrogen and oxygen atoms in total. The van der Waals surface area contributed by atoms with E-state index in [1.807, 2.05) is 36.1 Å². The lowest BCUT2D eigenvalue weighted by Crippen LogP contribution is -2.38. The molecule has 2 aliphatic heterocycles. The van der Waals surface area contributed by atoms with Crippen LogP contribution in [0.2, 0.25) is 5.02 Å². The van der Waals surface area contributed by atoms with Gasteiger partial charge >= 0.3 is 6.09 Å². The third kappa shape index (κ3) is 6.26. The summed E-state index contributed by atoms with van der Waals surface area (Å²) in [5.74, 6) is 0.186. The summed E-state index contributed by atoms with van der Waals surface area (Å²) in [5, 5.41) is 6.27. The molecule has 218 valence electrons. The molecule has 42 heavy (non-hydrogen) atoms. The van der Waals surface area contributed by atoms with Gasteiger partial charge in [-0.15, -0.1) is 0 Å². The third-order valence-corrected chi connectivity index (χ3v) is 8.03. The summed E-state index contributed by atoms with van der Waals surface area (Å²) < 4.78 is 10.2. The normalized spacial score (nSPS) is 19.0. The summed E-state index contributed by atoms with van der Waals surface area (Å²) in [7, 11) is 2.89. The molecule has 5 rings (SSSR count). The lowest BCUT2D eigenvalue weighted by molar-refractivity contribution is -0.129. The maximum absolute atomic E-state index is 13.6. The quantitative estimate of drug-likeness (QED) is 0.351. The minimum Gasteiger partial charge on any atom is -0.496 e. The van der Waals surface area contributed by atoms with Gasteiger partial charge in [-0.05, 0) is 72.9 Å². The number of anilines is 2. The lowest BCUT2D eigenvalue weighted by Gasteiger charge is -2.34. The van der Waals surface area contributed by atoms with Gasteiger partial charge in [0.2, 0.25) is 11.8 Å². The average molecular weight is 589 g/mol. The first-order chi connectivity index (χ1) is 20.3. The maximum atomic E-state index is 13.6. The van der Waals surface area contributed by atoms with Crippen LogP contribution >= 0.6 is 11.6 Å². The molecule has 2 N–H and O–H groups in total. The average Bonchev–Trinajstić information content (AvgIpc) is 2.99. The van der Waals surface area contributed by atoms with E-state index in [1.54, 1.807) is 43.6 Å². The van der Waals surface area contributed by atoms with Crippen LogP contribution in [0.3, 0.4) is 0 Å². The Labute approximate surface area is 249 Å². The number of nitrogens with zero attached hydrogens (tertiary/aromatic N) is 2. The van der Waals surface area contributed by atoms with Gasteiger partial charge in [0.15, 0.2) is 0 Å². The Morgan fingerprint density at radius 3 is 2.67 bits per heavy atom. The van der Waals surface area contributed by atoms with E-state index < -0.39 is 6.09 Å². The molecule has 0 aliphatic carbocycles. The van der Waals surface area contributed by atoms with Gasteiger partial charge in [0.25, 0.3) is 0 Å². The lowest BCUT2D eigenvalue weighted by atomic mass is 9.92. The highest BCUT2D eigenvalue weighted by molar-refractivity contribution is 6.30. The minimum absolute atomic E-state index is 0.104. The van der Waals surface area contributed by atoms with Gasteiger partial charge in [0, 0.05) is 46.6 Å². The smallest absolute Gasteiger partial charge is 0.411 e. The first kappa shape index (κ1) is 29.1. The van der Waals surface area contributed by atoms with Gasteiger partial charge in [-0.3, -0.25) is 19.9 Å². The molecule has 0 radical (unpaired) electrons. The number of halogens is 1. The SMILES string of the molecule is COC(=O)Nc1ccc2c(c1)NC(=O)[C@H](C)CCC[C@H](N1CCC(c3cc(Cl)ccc3OC)=CC1=O)c1cc-2ccn1. The van der Waals surface area contributed by atoms with Crippen molar-refractivity contribution in [2.24, 2.45) is 5.92 Å². The molecule has 10 heteroatoms. The number of pyridine rings is 1. The van der Waals surface area contributed by atoms with Crippen LogP contribution in [0.4, 0.5) is 16.2 Å². The van der Waals surface area contributed by atoms with E-state index in [-0.39, 0.29) is 23.8 Å². The van der Waals surface area contributed by atoms with Crippen molar-refractivity contribution in [1.29, 1.82) is 0 Å². The maximum Gasteiger partial charge on any atom is 0.411 e. The van der Waals surface area contributed by atoms with Crippen molar-refractivity contribution in [2.75, 3.05) is 31.4 Å². The van der Waals surface area contributed by atoms with Crippen molar-refractivity contribution in [3.63, 3.8) is 0 Å². The van der Waals surface area contributed by atoms with E-state index in [0.29, 0.717) is 48.0 Å². The van der Waals surface area contributed by atoms with Crippen LogP contribution in [0.5, 0.6) is 5.75 Å². The molecule has 0 fully saturated rings. The molecule has 2 aliphatic rings. The summed E-state index contributed by atoms with van der Waals surface area (Å²) in [5.41, 5.74) is 5.13. The van der Waals surface area contributed by atoms with Gasteiger partial charge in [-0.25, -0.2) is 4.79 Å². The van der Waals surface area contributed by atoms with Crippen molar-refractivity contribution in [3.05, 3.63) is 77.1 Å². The molecule has 3 amide bonds. The molecule has 2 bridgehead atoms. The fourth-order valence-corrected chi connectivity index (χ4v) is 5.69. The van der Waals surface area contributed by atoms with Gasteiger partial charge in [-0.1, -0.05) is 31.0 Å². The number of aromatic nitrogens is 1. The summed E-state index contributed by atoms with van der Waals surface area (Å²) in [4.78, 5) is 45.2. The topological polar surface area (TPSA) is 110 Å². The Morgan fingerprint density at radius 2 is 1.90 bits per heavy atom. The number of carbonyl (C=O) groups is 3. The van der Waals surface area contributed by atoms with E-state index >= 15 is 0 Å². The molecular weight excluding hydrogens is 556 g/mol. The van der Waals surface area contributed by atoms with E-state index in [0.717, 1.165) is 34.4 Å². The number of benzene rings is 2. The van der Waals surface area contributed by atoms with Gasteiger partial charge in [0.05, 0.1) is 31.6 Å². The molecule has 2 atom stereocenters. The molecule has 3 heterocycles. The van der Waals surface area contributed by atoms with Crippen molar-refractivity contribution in [2.45, 2.75) is 38.6 Å². The zero-order chi connectivity index (χ0) is 29.8. The number of carbonyl (C=O) groups excluding carboxylic acids is 3. The number of fused-ring (bicyclic) bond motifs is 4. The van der Waals surface area contributed by atoms with Crippen LogP contribution < -0.4 is 15.4 Å². The van der Waals surface area contributed by atoms with E-state index in [9.17, 15) is 14.4 Å². The standard InChI is InChI=1S/C32H33ClN4O5/c1-19-5-4-6-28(37-14-12-21(16-30(37)38)25-17-22(33)7-10-29(25)41-2)27-15-20(11-13-34-27)24-9-8-23(35-32(40)42-3)18-26(24)36-31(19)39/h7-11,13,15-19,28H,4-6,12,14H2,1-3H3,(H,35,40)(H,36,39)/t19-,28+/m1/s1. The Balaban J connectivity index is 1.51. The molecule has 0 saturated heterocycles. The molecule has 0 spiro atoms. The fraction of sp³-hybridized carbons (Fsp3) is 0.312. The van der Waals surface area contributed by atoms with Gasteiger partial charge in [0.1, 0.15) is 5.75 Å². The van der Waals surface area contributed by atoms with Crippen molar-refractivity contribution >= 4 is 46.5 Å². The van der Waals surface area contributed by atoms with Crippen LogP contribution in [0.15, 0.2) is 60.8 Å². The predicted octanol–water partition coefficient (Wildman–Crippen LogP) is 6.70. The van der Waals surface area contributed by atoms with Gasteiger partial charge < -0.3 is 19.7 Å². The zero-order valence-electron chi connectivity index (χ0n) is 23.8. The van der Waals surface area contributed by atoms with Crippen LogP contribution in [0.25, 0.3) is 16.7 Å². The van der Waals surface area contributed by atoms with Crippen LogP contribution in [-0.4, -0.2) is 48.6 Å². The van der Waals surface area contributed by atoms with Crippen LogP contribution in [0.1, 0.15) is 49.9 Å². The summed E-state index contributed by atoms with van der Waals surface area (Å²) >= 11 is 6.26. The van der Waals surface area contributed by atoms with E-state index in [1.165, 1.54) is 7.11 Å². The Kier molecular flexibility index (Phi) is 8.77. The van der Waals surface area contributed by atoms with Crippen molar-refractivity contribution in [1.82, 2.24) is 9.88 Å². The zero-order valence-corrected chi connectivity index (χ0v) is 24.5. The number of amides is 3. The van der Waals surface area contributed by atoms with Gasteiger partial charge in [-0.2, -0.15) is 0 Å². The summed E-state index contributed by atoms with van der Waals surface area (Å²) in [6, 6.07) is 14.3.